The van der Waals surface area contributed by atoms with E-state index in [1.54, 1.807) is 24.3 Å². The molecule has 1 rings (SSSR count). The van der Waals surface area contributed by atoms with Crippen LogP contribution >= 0.6 is 11.6 Å². The van der Waals surface area contributed by atoms with Gasteiger partial charge in [-0.05, 0) is 37.6 Å². The summed E-state index contributed by atoms with van der Waals surface area (Å²) >= 11 is 5.94. The fraction of sp³-hybridized carbons (Fsp3) is 0.538. The van der Waals surface area contributed by atoms with Crippen LogP contribution in [-0.4, -0.2) is 38.2 Å². The van der Waals surface area contributed by atoms with Crippen LogP contribution < -0.4 is 5.32 Å². The largest absolute Gasteiger partial charge is 0.379 e. The average molecular weight is 305 g/mol. The Morgan fingerprint density at radius 1 is 1.26 bits per heavy atom. The Morgan fingerprint density at radius 3 is 2.16 bits per heavy atom. The third-order valence-corrected chi connectivity index (χ3v) is 5.57. The highest BCUT2D eigenvalue weighted by atomic mass is 35.5. The molecule has 0 radical (unpaired) electrons. The van der Waals surface area contributed by atoms with Crippen molar-refractivity contribution in [1.82, 2.24) is 4.31 Å². The molecule has 1 N–H and O–H groups in total. The van der Waals surface area contributed by atoms with Crippen LogP contribution in [0.4, 0.5) is 5.69 Å². The lowest BCUT2D eigenvalue weighted by atomic mass is 10.0. The number of rotatable bonds is 6. The minimum atomic E-state index is -3.37. The summed E-state index contributed by atoms with van der Waals surface area (Å²) in [6, 6.07) is 6.72. The zero-order valence-corrected chi connectivity index (χ0v) is 13.3. The van der Waals surface area contributed by atoms with Crippen molar-refractivity contribution in [3.05, 3.63) is 24.3 Å². The van der Waals surface area contributed by atoms with Gasteiger partial charge in [-0.1, -0.05) is 6.92 Å². The Balaban J connectivity index is 2.95. The topological polar surface area (TPSA) is 49.4 Å². The second kappa shape index (κ2) is 6.11. The maximum absolute atomic E-state index is 11.9. The molecule has 19 heavy (non-hydrogen) atoms. The first-order chi connectivity index (χ1) is 8.75. The standard InChI is InChI=1S/C13H21ClN2O2S/c1-5-13(2,10-14)15-11-6-8-12(9-7-11)19(17,18)16(3)4/h6-9,15H,5,10H2,1-4H3. The Bertz CT molecular complexity index is 508. The van der Waals surface area contributed by atoms with Crippen LogP contribution in [0.25, 0.3) is 0 Å². The molecule has 0 aliphatic rings. The van der Waals surface area contributed by atoms with Crippen molar-refractivity contribution in [2.45, 2.75) is 30.7 Å². The van der Waals surface area contributed by atoms with Crippen LogP contribution in [0.2, 0.25) is 0 Å². The van der Waals surface area contributed by atoms with Gasteiger partial charge in [0, 0.05) is 31.2 Å². The van der Waals surface area contributed by atoms with Crippen LogP contribution in [0.15, 0.2) is 29.2 Å². The van der Waals surface area contributed by atoms with Gasteiger partial charge in [-0.15, -0.1) is 11.6 Å². The van der Waals surface area contributed by atoms with Crippen LogP contribution in [-0.2, 0) is 10.0 Å². The Kier molecular flexibility index (Phi) is 5.24. The highest BCUT2D eigenvalue weighted by Crippen LogP contribution is 2.22. The Hall–Kier alpha value is -0.780. The van der Waals surface area contributed by atoms with E-state index < -0.39 is 10.0 Å². The number of nitrogens with one attached hydrogen (secondary N) is 1. The average Bonchev–Trinajstić information content (AvgIpc) is 2.39. The fourth-order valence-electron chi connectivity index (χ4n) is 1.49. The normalized spacial score (nSPS) is 15.3. The Labute approximate surface area is 120 Å². The summed E-state index contributed by atoms with van der Waals surface area (Å²) in [5.74, 6) is 0.487. The van der Waals surface area contributed by atoms with Gasteiger partial charge in [0.05, 0.1) is 4.90 Å². The van der Waals surface area contributed by atoms with Crippen LogP contribution in [0.1, 0.15) is 20.3 Å². The summed E-state index contributed by atoms with van der Waals surface area (Å²) in [4.78, 5) is 0.284. The molecule has 1 atom stereocenters. The van der Waals surface area contributed by atoms with Crippen molar-refractivity contribution in [1.29, 1.82) is 0 Å². The SMILES string of the molecule is CCC(C)(CCl)Nc1ccc(S(=O)(=O)N(C)C)cc1. The lowest BCUT2D eigenvalue weighted by Gasteiger charge is -2.28. The fourth-order valence-corrected chi connectivity index (χ4v) is 2.64. The zero-order chi connectivity index (χ0) is 14.7. The second-order valence-electron chi connectivity index (χ2n) is 4.98. The quantitative estimate of drug-likeness (QED) is 0.822. The summed E-state index contributed by atoms with van der Waals surface area (Å²) < 4.78 is 25.0. The molecule has 1 unspecified atom stereocenters. The number of halogens is 1. The number of hydrogen-bond acceptors (Lipinski definition) is 3. The van der Waals surface area contributed by atoms with E-state index in [9.17, 15) is 8.42 Å². The minimum absolute atomic E-state index is 0.191. The molecule has 1 aromatic carbocycles. The molecule has 0 aliphatic heterocycles. The summed E-state index contributed by atoms with van der Waals surface area (Å²) in [7, 11) is -0.335. The maximum atomic E-state index is 11.9. The monoisotopic (exact) mass is 304 g/mol. The predicted molar refractivity (Wildman–Crippen MR) is 80.4 cm³/mol. The molecule has 0 bridgehead atoms. The number of nitrogens with zero attached hydrogens (tertiary/aromatic N) is 1. The molecule has 6 heteroatoms. The second-order valence-corrected chi connectivity index (χ2v) is 7.40. The van der Waals surface area contributed by atoms with Crippen LogP contribution in [0.5, 0.6) is 0 Å². The molecular weight excluding hydrogens is 284 g/mol. The smallest absolute Gasteiger partial charge is 0.242 e. The van der Waals surface area contributed by atoms with Gasteiger partial charge in [0.1, 0.15) is 0 Å². The minimum Gasteiger partial charge on any atom is -0.379 e. The van der Waals surface area contributed by atoms with E-state index in [2.05, 4.69) is 12.2 Å². The first-order valence-electron chi connectivity index (χ1n) is 6.12. The molecule has 0 fully saturated rings. The molecular formula is C13H21ClN2O2S. The highest BCUT2D eigenvalue weighted by Gasteiger charge is 2.21. The number of sulfonamides is 1. The molecule has 1 aromatic rings. The predicted octanol–water partition coefficient (Wildman–Crippen LogP) is 2.76. The number of hydrogen-bond donors (Lipinski definition) is 1. The van der Waals surface area contributed by atoms with Crippen molar-refractivity contribution in [3.8, 4) is 0 Å². The third-order valence-electron chi connectivity index (χ3n) is 3.15. The third kappa shape index (κ3) is 3.84. The van der Waals surface area contributed by atoms with Crippen molar-refractivity contribution >= 4 is 27.3 Å². The summed E-state index contributed by atoms with van der Waals surface area (Å²) in [5, 5.41) is 3.32. The van der Waals surface area contributed by atoms with Gasteiger partial charge < -0.3 is 5.32 Å². The highest BCUT2D eigenvalue weighted by molar-refractivity contribution is 7.89. The van der Waals surface area contributed by atoms with E-state index in [0.717, 1.165) is 12.1 Å². The molecule has 0 saturated carbocycles. The lowest BCUT2D eigenvalue weighted by Crippen LogP contribution is -2.35. The number of benzene rings is 1. The zero-order valence-electron chi connectivity index (χ0n) is 11.8. The van der Waals surface area contributed by atoms with Gasteiger partial charge in [-0.25, -0.2) is 12.7 Å². The molecule has 108 valence electrons. The molecule has 0 aliphatic carbocycles. The lowest BCUT2D eigenvalue weighted by molar-refractivity contribution is 0.520. The van der Waals surface area contributed by atoms with Gasteiger partial charge in [-0.2, -0.15) is 0 Å². The van der Waals surface area contributed by atoms with E-state index >= 15 is 0 Å². The van der Waals surface area contributed by atoms with Crippen molar-refractivity contribution < 1.29 is 8.42 Å². The molecule has 0 aromatic heterocycles. The van der Waals surface area contributed by atoms with Crippen molar-refractivity contribution in [2.24, 2.45) is 0 Å². The molecule has 0 saturated heterocycles. The van der Waals surface area contributed by atoms with E-state index in [1.807, 2.05) is 6.92 Å². The van der Waals surface area contributed by atoms with Crippen LogP contribution in [0, 0.1) is 0 Å². The van der Waals surface area contributed by atoms with Gasteiger partial charge in [-0.3, -0.25) is 0 Å². The van der Waals surface area contributed by atoms with Gasteiger partial charge in [0.2, 0.25) is 10.0 Å². The summed E-state index contributed by atoms with van der Waals surface area (Å²) in [6.45, 7) is 4.09. The van der Waals surface area contributed by atoms with Crippen molar-refractivity contribution in [3.63, 3.8) is 0 Å². The van der Waals surface area contributed by atoms with Gasteiger partial charge in [0.25, 0.3) is 0 Å². The summed E-state index contributed by atoms with van der Waals surface area (Å²) in [6.07, 6.45) is 0.883. The van der Waals surface area contributed by atoms with Gasteiger partial charge in [0.15, 0.2) is 0 Å². The van der Waals surface area contributed by atoms with E-state index in [-0.39, 0.29) is 10.4 Å². The molecule has 0 spiro atoms. The number of anilines is 1. The van der Waals surface area contributed by atoms with E-state index in [4.69, 9.17) is 11.6 Å². The summed E-state index contributed by atoms with van der Waals surface area (Å²) in [5.41, 5.74) is 0.673. The van der Waals surface area contributed by atoms with Crippen LogP contribution in [0.3, 0.4) is 0 Å². The number of alkyl halides is 1. The van der Waals surface area contributed by atoms with E-state index in [1.165, 1.54) is 18.4 Å². The molecule has 0 heterocycles. The molecule has 0 amide bonds. The maximum Gasteiger partial charge on any atom is 0.242 e. The van der Waals surface area contributed by atoms with Gasteiger partial charge >= 0.3 is 0 Å². The first kappa shape index (κ1) is 16.3. The van der Waals surface area contributed by atoms with E-state index in [0.29, 0.717) is 5.88 Å². The first-order valence-corrected chi connectivity index (χ1v) is 8.09. The molecule has 4 nitrogen and oxygen atoms in total. The Morgan fingerprint density at radius 2 is 1.79 bits per heavy atom. The van der Waals surface area contributed by atoms with Crippen molar-refractivity contribution in [2.75, 3.05) is 25.3 Å².